The first-order valence-corrected chi connectivity index (χ1v) is 7.30. The van der Waals surface area contributed by atoms with Gasteiger partial charge in [0.15, 0.2) is 0 Å². The molecule has 0 aromatic heterocycles. The van der Waals surface area contributed by atoms with Gasteiger partial charge in [0.2, 0.25) is 0 Å². The molecule has 2 aliphatic carbocycles. The van der Waals surface area contributed by atoms with Gasteiger partial charge in [-0.05, 0) is 55.1 Å². The number of carboxylic acid groups (broad SMARTS) is 1. The Bertz CT molecular complexity index is 522. The molecule has 1 fully saturated rings. The highest BCUT2D eigenvalue weighted by Gasteiger charge is 2.54. The number of carbonyl (C=O) groups is 1. The van der Waals surface area contributed by atoms with Gasteiger partial charge in [-0.25, -0.2) is 0 Å². The van der Waals surface area contributed by atoms with Crippen LogP contribution in [0.2, 0.25) is 0 Å². The molecule has 0 spiro atoms. The van der Waals surface area contributed by atoms with Gasteiger partial charge in [0.25, 0.3) is 0 Å². The largest absolute Gasteiger partial charge is 0.481 e. The fourth-order valence-corrected chi connectivity index (χ4v) is 4.69. The molecule has 3 atom stereocenters. The maximum Gasteiger partial charge on any atom is 0.309 e. The van der Waals surface area contributed by atoms with Crippen molar-refractivity contribution < 1.29 is 9.90 Å². The number of benzene rings is 1. The summed E-state index contributed by atoms with van der Waals surface area (Å²) in [6.07, 6.45) is 5.00. The normalized spacial score (nSPS) is 37.3. The highest BCUT2D eigenvalue weighted by atomic mass is 16.4. The second-order valence-corrected chi connectivity index (χ2v) is 6.74. The predicted octanol–water partition coefficient (Wildman–Crippen LogP) is 3.78. The summed E-state index contributed by atoms with van der Waals surface area (Å²) in [5, 5.41) is 9.70. The van der Waals surface area contributed by atoms with Crippen LogP contribution in [0.4, 0.5) is 0 Å². The fourth-order valence-electron chi connectivity index (χ4n) is 4.69. The molecule has 0 aliphatic heterocycles. The van der Waals surface area contributed by atoms with Crippen molar-refractivity contribution in [3.05, 3.63) is 35.4 Å². The van der Waals surface area contributed by atoms with E-state index in [-0.39, 0.29) is 11.3 Å². The lowest BCUT2D eigenvalue weighted by Crippen LogP contribution is -2.52. The maximum atomic E-state index is 11.8. The van der Waals surface area contributed by atoms with Crippen LogP contribution < -0.4 is 0 Å². The van der Waals surface area contributed by atoms with Gasteiger partial charge in [0, 0.05) is 0 Å². The van der Waals surface area contributed by atoms with Gasteiger partial charge < -0.3 is 5.11 Å². The number of hydrogen-bond acceptors (Lipinski definition) is 1. The van der Waals surface area contributed by atoms with E-state index >= 15 is 0 Å². The van der Waals surface area contributed by atoms with E-state index in [1.807, 2.05) is 6.92 Å². The van der Waals surface area contributed by atoms with E-state index in [0.29, 0.717) is 0 Å². The van der Waals surface area contributed by atoms with Crippen molar-refractivity contribution in [2.45, 2.75) is 51.4 Å². The average molecular weight is 258 g/mol. The van der Waals surface area contributed by atoms with Gasteiger partial charge in [0.1, 0.15) is 0 Å². The van der Waals surface area contributed by atoms with Crippen molar-refractivity contribution in [2.75, 3.05) is 0 Å². The molecule has 19 heavy (non-hydrogen) atoms. The quantitative estimate of drug-likeness (QED) is 0.832. The van der Waals surface area contributed by atoms with E-state index in [2.05, 4.69) is 31.2 Å². The SMILES string of the molecule is CC1(C(=O)O)CCCC2(C)c3ccccc3CCC12. The van der Waals surface area contributed by atoms with Crippen LogP contribution in [-0.4, -0.2) is 11.1 Å². The minimum absolute atomic E-state index is 0.0419. The third kappa shape index (κ3) is 1.65. The van der Waals surface area contributed by atoms with Crippen LogP contribution in [0, 0.1) is 11.3 Å². The number of fused-ring (bicyclic) bond motifs is 3. The summed E-state index contributed by atoms with van der Waals surface area (Å²) in [5.41, 5.74) is 2.31. The molecule has 2 aliphatic rings. The molecule has 1 aromatic carbocycles. The Morgan fingerprint density at radius 3 is 2.74 bits per heavy atom. The Morgan fingerprint density at radius 1 is 1.26 bits per heavy atom. The summed E-state index contributed by atoms with van der Waals surface area (Å²) in [6.45, 7) is 4.25. The average Bonchev–Trinajstić information content (AvgIpc) is 2.38. The monoisotopic (exact) mass is 258 g/mol. The molecular formula is C17H22O2. The second-order valence-electron chi connectivity index (χ2n) is 6.74. The van der Waals surface area contributed by atoms with Crippen LogP contribution in [0.1, 0.15) is 50.7 Å². The van der Waals surface area contributed by atoms with Crippen LogP contribution >= 0.6 is 0 Å². The molecule has 1 N–H and O–H groups in total. The number of aliphatic carboxylic acids is 1. The van der Waals surface area contributed by atoms with E-state index in [0.717, 1.165) is 32.1 Å². The van der Waals surface area contributed by atoms with Gasteiger partial charge in [-0.15, -0.1) is 0 Å². The number of rotatable bonds is 1. The topological polar surface area (TPSA) is 37.3 Å². The summed E-state index contributed by atoms with van der Waals surface area (Å²) in [5.74, 6) is -0.344. The van der Waals surface area contributed by atoms with Gasteiger partial charge in [-0.1, -0.05) is 37.6 Å². The van der Waals surface area contributed by atoms with Crippen LogP contribution in [-0.2, 0) is 16.6 Å². The Labute approximate surface area is 114 Å². The van der Waals surface area contributed by atoms with Crippen LogP contribution in [0.5, 0.6) is 0 Å². The molecule has 0 heterocycles. The lowest BCUT2D eigenvalue weighted by molar-refractivity contribution is -0.157. The van der Waals surface area contributed by atoms with Gasteiger partial charge in [-0.2, -0.15) is 0 Å². The molecule has 3 rings (SSSR count). The summed E-state index contributed by atoms with van der Waals surface area (Å²) in [4.78, 5) is 11.8. The van der Waals surface area contributed by atoms with Crippen LogP contribution in [0.15, 0.2) is 24.3 Å². The van der Waals surface area contributed by atoms with Crippen molar-refractivity contribution in [1.82, 2.24) is 0 Å². The molecule has 1 saturated carbocycles. The van der Waals surface area contributed by atoms with E-state index < -0.39 is 11.4 Å². The van der Waals surface area contributed by atoms with E-state index in [1.54, 1.807) is 0 Å². The van der Waals surface area contributed by atoms with Crippen molar-refractivity contribution in [1.29, 1.82) is 0 Å². The molecule has 0 saturated heterocycles. The molecule has 2 heteroatoms. The number of carboxylic acids is 1. The summed E-state index contributed by atoms with van der Waals surface area (Å²) < 4.78 is 0. The summed E-state index contributed by atoms with van der Waals surface area (Å²) >= 11 is 0. The minimum Gasteiger partial charge on any atom is -0.481 e. The van der Waals surface area contributed by atoms with E-state index in [9.17, 15) is 9.90 Å². The Kier molecular flexibility index (Phi) is 2.74. The Balaban J connectivity index is 2.12. The third-order valence-corrected chi connectivity index (χ3v) is 5.75. The van der Waals surface area contributed by atoms with E-state index in [4.69, 9.17) is 0 Å². The number of hydrogen-bond donors (Lipinski definition) is 1. The second kappa shape index (κ2) is 4.09. The molecule has 3 unspecified atom stereocenters. The molecule has 102 valence electrons. The van der Waals surface area contributed by atoms with Crippen LogP contribution in [0.25, 0.3) is 0 Å². The Morgan fingerprint density at radius 2 is 2.00 bits per heavy atom. The summed E-state index contributed by atoms with van der Waals surface area (Å²) in [6, 6.07) is 8.62. The lowest BCUT2D eigenvalue weighted by atomic mass is 9.50. The van der Waals surface area contributed by atoms with Crippen molar-refractivity contribution in [3.8, 4) is 0 Å². The van der Waals surface area contributed by atoms with E-state index in [1.165, 1.54) is 11.1 Å². The van der Waals surface area contributed by atoms with Gasteiger partial charge in [0.05, 0.1) is 5.41 Å². The first-order chi connectivity index (χ1) is 8.98. The third-order valence-electron chi connectivity index (χ3n) is 5.75. The first kappa shape index (κ1) is 12.7. The minimum atomic E-state index is -0.609. The lowest BCUT2D eigenvalue weighted by Gasteiger charge is -2.53. The zero-order chi connectivity index (χ0) is 13.7. The van der Waals surface area contributed by atoms with Crippen LogP contribution in [0.3, 0.4) is 0 Å². The molecule has 1 aromatic rings. The zero-order valence-electron chi connectivity index (χ0n) is 11.8. The van der Waals surface area contributed by atoms with Gasteiger partial charge >= 0.3 is 5.97 Å². The van der Waals surface area contributed by atoms with Crippen molar-refractivity contribution >= 4 is 5.97 Å². The first-order valence-electron chi connectivity index (χ1n) is 7.30. The predicted molar refractivity (Wildman–Crippen MR) is 75.2 cm³/mol. The van der Waals surface area contributed by atoms with Crippen molar-refractivity contribution in [3.63, 3.8) is 0 Å². The highest BCUT2D eigenvalue weighted by molar-refractivity contribution is 5.75. The molecule has 0 amide bonds. The smallest absolute Gasteiger partial charge is 0.309 e. The van der Waals surface area contributed by atoms with Crippen molar-refractivity contribution in [2.24, 2.45) is 11.3 Å². The molecule has 0 bridgehead atoms. The number of aryl methyl sites for hydroxylation is 1. The Hall–Kier alpha value is -1.31. The highest BCUT2D eigenvalue weighted by Crippen LogP contribution is 2.57. The molecule has 2 nitrogen and oxygen atoms in total. The standard InChI is InChI=1S/C17H22O2/c1-16-10-5-11-17(2,15(18)19)14(16)9-8-12-6-3-4-7-13(12)16/h3-4,6-7,14H,5,8-11H2,1-2H3,(H,18,19). The zero-order valence-corrected chi connectivity index (χ0v) is 11.8. The molecular weight excluding hydrogens is 236 g/mol. The summed E-state index contributed by atoms with van der Waals surface area (Å²) in [7, 11) is 0. The van der Waals surface area contributed by atoms with Gasteiger partial charge in [-0.3, -0.25) is 4.79 Å². The molecule has 0 radical (unpaired) electrons. The fraction of sp³-hybridized carbons (Fsp3) is 0.588. The maximum absolute atomic E-state index is 11.8.